The summed E-state index contributed by atoms with van der Waals surface area (Å²) in [4.78, 5) is 0.207. The molecule has 3 nitrogen and oxygen atoms in total. The van der Waals surface area contributed by atoms with Gasteiger partial charge in [0.15, 0.2) is 0 Å². The van der Waals surface area contributed by atoms with E-state index in [2.05, 4.69) is 0 Å². The lowest BCUT2D eigenvalue weighted by Gasteiger charge is -2.04. The van der Waals surface area contributed by atoms with Gasteiger partial charge >= 0.3 is 0 Å². The molecule has 0 fully saturated rings. The Labute approximate surface area is 96.9 Å². The van der Waals surface area contributed by atoms with Crippen LogP contribution in [0.1, 0.15) is 18.9 Å². The molecule has 1 aromatic carbocycles. The standard InChI is InChI=1S/C12H16O3S/c1-3-4-5-10-15-16(13,14)12-8-6-11(2)7-9-12/h3-4,6-9H,5,10H2,1-2H3/b4-3-. The summed E-state index contributed by atoms with van der Waals surface area (Å²) in [6.07, 6.45) is 4.33. The Morgan fingerprint density at radius 1 is 1.25 bits per heavy atom. The summed E-state index contributed by atoms with van der Waals surface area (Å²) >= 11 is 0. The Balaban J connectivity index is 2.67. The average Bonchev–Trinajstić information content (AvgIpc) is 2.25. The molecule has 0 saturated carbocycles. The third-order valence-corrected chi connectivity index (χ3v) is 3.39. The molecule has 1 rings (SSSR count). The molecule has 88 valence electrons. The number of rotatable bonds is 5. The van der Waals surface area contributed by atoms with Gasteiger partial charge in [0.2, 0.25) is 0 Å². The van der Waals surface area contributed by atoms with Gasteiger partial charge in [-0.2, -0.15) is 8.42 Å². The molecule has 0 N–H and O–H groups in total. The van der Waals surface area contributed by atoms with Crippen molar-refractivity contribution in [1.82, 2.24) is 0 Å². The van der Waals surface area contributed by atoms with E-state index < -0.39 is 10.1 Å². The van der Waals surface area contributed by atoms with E-state index in [9.17, 15) is 8.42 Å². The Bertz CT molecular complexity index is 444. The van der Waals surface area contributed by atoms with Gasteiger partial charge in [-0.1, -0.05) is 29.8 Å². The largest absolute Gasteiger partial charge is 0.296 e. The molecule has 4 heteroatoms. The minimum Gasteiger partial charge on any atom is -0.266 e. The molecule has 0 aliphatic carbocycles. The molecular formula is C12H16O3S. The van der Waals surface area contributed by atoms with E-state index in [-0.39, 0.29) is 11.5 Å². The zero-order valence-corrected chi connectivity index (χ0v) is 10.3. The average molecular weight is 240 g/mol. The first-order valence-electron chi connectivity index (χ1n) is 5.13. The van der Waals surface area contributed by atoms with E-state index in [0.29, 0.717) is 6.42 Å². The summed E-state index contributed by atoms with van der Waals surface area (Å²) in [7, 11) is -3.59. The van der Waals surface area contributed by atoms with Crippen LogP contribution in [-0.2, 0) is 14.3 Å². The van der Waals surface area contributed by atoms with Crippen LogP contribution in [0.4, 0.5) is 0 Å². The summed E-state index contributed by atoms with van der Waals surface area (Å²) < 4.78 is 28.2. The molecule has 0 unspecified atom stereocenters. The molecule has 0 atom stereocenters. The van der Waals surface area contributed by atoms with Crippen molar-refractivity contribution < 1.29 is 12.6 Å². The number of allylic oxidation sites excluding steroid dienone is 1. The van der Waals surface area contributed by atoms with Crippen LogP contribution in [0, 0.1) is 6.92 Å². The lowest BCUT2D eigenvalue weighted by molar-refractivity contribution is 0.324. The molecule has 0 saturated heterocycles. The molecule has 16 heavy (non-hydrogen) atoms. The highest BCUT2D eigenvalue weighted by Gasteiger charge is 2.13. The molecule has 0 bridgehead atoms. The van der Waals surface area contributed by atoms with Crippen molar-refractivity contribution in [2.24, 2.45) is 0 Å². The second-order valence-corrected chi connectivity index (χ2v) is 5.06. The van der Waals surface area contributed by atoms with E-state index in [1.807, 2.05) is 26.0 Å². The second-order valence-electron chi connectivity index (χ2n) is 3.45. The number of benzene rings is 1. The van der Waals surface area contributed by atoms with Gasteiger partial charge in [-0.3, -0.25) is 4.18 Å². The Morgan fingerprint density at radius 3 is 2.44 bits per heavy atom. The van der Waals surface area contributed by atoms with Gasteiger partial charge in [0.1, 0.15) is 0 Å². The molecule has 0 spiro atoms. The van der Waals surface area contributed by atoms with Gasteiger partial charge in [0.25, 0.3) is 10.1 Å². The van der Waals surface area contributed by atoms with Gasteiger partial charge in [0.05, 0.1) is 11.5 Å². The molecule has 0 aliphatic rings. The number of hydrogen-bond acceptors (Lipinski definition) is 3. The lowest BCUT2D eigenvalue weighted by atomic mass is 10.2. The van der Waals surface area contributed by atoms with Crippen LogP contribution in [0.3, 0.4) is 0 Å². The molecule has 0 aliphatic heterocycles. The third kappa shape index (κ3) is 3.79. The summed E-state index contributed by atoms with van der Waals surface area (Å²) in [5.74, 6) is 0. The van der Waals surface area contributed by atoms with E-state index in [1.54, 1.807) is 24.3 Å². The normalized spacial score (nSPS) is 12.1. The van der Waals surface area contributed by atoms with Gasteiger partial charge < -0.3 is 0 Å². The van der Waals surface area contributed by atoms with Gasteiger partial charge in [-0.15, -0.1) is 0 Å². The van der Waals surface area contributed by atoms with E-state index in [1.165, 1.54) is 0 Å². The van der Waals surface area contributed by atoms with E-state index in [4.69, 9.17) is 4.18 Å². The zero-order valence-electron chi connectivity index (χ0n) is 9.51. The minimum atomic E-state index is -3.59. The van der Waals surface area contributed by atoms with Crippen molar-refractivity contribution in [1.29, 1.82) is 0 Å². The van der Waals surface area contributed by atoms with Crippen LogP contribution in [-0.4, -0.2) is 15.0 Å². The van der Waals surface area contributed by atoms with Crippen LogP contribution in [0.2, 0.25) is 0 Å². The minimum absolute atomic E-state index is 0.181. The molecule has 0 amide bonds. The maximum absolute atomic E-state index is 11.7. The van der Waals surface area contributed by atoms with Gasteiger partial charge in [0, 0.05) is 0 Å². The topological polar surface area (TPSA) is 43.4 Å². The summed E-state index contributed by atoms with van der Waals surface area (Å²) in [6, 6.07) is 6.62. The van der Waals surface area contributed by atoms with Crippen molar-refractivity contribution in [2.75, 3.05) is 6.61 Å². The van der Waals surface area contributed by atoms with Crippen LogP contribution in [0.15, 0.2) is 41.3 Å². The first kappa shape index (κ1) is 12.9. The summed E-state index contributed by atoms with van der Waals surface area (Å²) in [5, 5.41) is 0. The number of hydrogen-bond donors (Lipinski definition) is 0. The maximum atomic E-state index is 11.7. The van der Waals surface area contributed by atoms with Crippen LogP contribution < -0.4 is 0 Å². The molecular weight excluding hydrogens is 224 g/mol. The highest BCUT2D eigenvalue weighted by atomic mass is 32.2. The Morgan fingerprint density at radius 2 is 1.88 bits per heavy atom. The maximum Gasteiger partial charge on any atom is 0.296 e. The van der Waals surface area contributed by atoms with Crippen molar-refractivity contribution in [3.8, 4) is 0 Å². The van der Waals surface area contributed by atoms with E-state index in [0.717, 1.165) is 5.56 Å². The fraction of sp³-hybridized carbons (Fsp3) is 0.333. The quantitative estimate of drug-likeness (QED) is 0.451. The molecule has 0 radical (unpaired) electrons. The van der Waals surface area contributed by atoms with Crippen molar-refractivity contribution >= 4 is 10.1 Å². The lowest BCUT2D eigenvalue weighted by Crippen LogP contribution is -2.07. The third-order valence-electron chi connectivity index (χ3n) is 2.07. The Kier molecular flexibility index (Phi) is 4.71. The van der Waals surface area contributed by atoms with Crippen molar-refractivity contribution in [3.63, 3.8) is 0 Å². The van der Waals surface area contributed by atoms with Gasteiger partial charge in [-0.05, 0) is 32.4 Å². The predicted molar refractivity (Wildman–Crippen MR) is 63.7 cm³/mol. The molecule has 0 heterocycles. The predicted octanol–water partition coefficient (Wildman–Crippen LogP) is 2.67. The SMILES string of the molecule is C/C=C\CCOS(=O)(=O)c1ccc(C)cc1. The van der Waals surface area contributed by atoms with Gasteiger partial charge in [-0.25, -0.2) is 0 Å². The molecule has 0 aromatic heterocycles. The fourth-order valence-corrected chi connectivity index (χ4v) is 2.09. The highest BCUT2D eigenvalue weighted by molar-refractivity contribution is 7.86. The molecule has 1 aromatic rings. The zero-order chi connectivity index (χ0) is 12.0. The first-order chi connectivity index (χ1) is 7.56. The number of aryl methyl sites for hydroxylation is 1. The smallest absolute Gasteiger partial charge is 0.266 e. The second kappa shape index (κ2) is 5.82. The van der Waals surface area contributed by atoms with Crippen LogP contribution in [0.25, 0.3) is 0 Å². The first-order valence-corrected chi connectivity index (χ1v) is 6.54. The van der Waals surface area contributed by atoms with E-state index >= 15 is 0 Å². The van der Waals surface area contributed by atoms with Crippen molar-refractivity contribution in [3.05, 3.63) is 42.0 Å². The highest BCUT2D eigenvalue weighted by Crippen LogP contribution is 2.13. The summed E-state index contributed by atoms with van der Waals surface area (Å²) in [5.41, 5.74) is 1.02. The van der Waals surface area contributed by atoms with Crippen LogP contribution in [0.5, 0.6) is 0 Å². The fourth-order valence-electron chi connectivity index (χ4n) is 1.17. The Hall–Kier alpha value is -1.13. The van der Waals surface area contributed by atoms with Crippen molar-refractivity contribution in [2.45, 2.75) is 25.2 Å². The van der Waals surface area contributed by atoms with Crippen LogP contribution >= 0.6 is 0 Å². The monoisotopic (exact) mass is 240 g/mol. The summed E-state index contributed by atoms with van der Waals surface area (Å²) in [6.45, 7) is 3.97.